The summed E-state index contributed by atoms with van der Waals surface area (Å²) in [6.07, 6.45) is 9.55. The van der Waals surface area contributed by atoms with E-state index >= 15 is 0 Å². The minimum absolute atomic E-state index is 0.196. The molecule has 0 aromatic carbocycles. The van der Waals surface area contributed by atoms with Crippen LogP contribution in [-0.4, -0.2) is 59.7 Å². The second-order valence-corrected chi connectivity index (χ2v) is 12.7. The molecule has 2 aliphatic carbocycles. The van der Waals surface area contributed by atoms with Crippen molar-refractivity contribution in [3.63, 3.8) is 0 Å². The van der Waals surface area contributed by atoms with E-state index in [-0.39, 0.29) is 17.8 Å². The van der Waals surface area contributed by atoms with Crippen LogP contribution in [0.3, 0.4) is 0 Å². The molecule has 3 rings (SSSR count). The summed E-state index contributed by atoms with van der Waals surface area (Å²) in [4.78, 5) is 25.7. The van der Waals surface area contributed by atoms with Gasteiger partial charge in [-0.3, -0.25) is 9.59 Å². The van der Waals surface area contributed by atoms with Crippen molar-refractivity contribution in [1.82, 2.24) is 0 Å². The van der Waals surface area contributed by atoms with E-state index in [4.69, 9.17) is 18.9 Å². The van der Waals surface area contributed by atoms with Gasteiger partial charge in [0.2, 0.25) is 6.29 Å². The zero-order valence-corrected chi connectivity index (χ0v) is 26.6. The van der Waals surface area contributed by atoms with Crippen LogP contribution in [0.4, 0.5) is 0 Å². The highest BCUT2D eigenvalue weighted by Gasteiger charge is 2.74. The maximum atomic E-state index is 13.4. The molecule has 8 heteroatoms. The minimum atomic E-state index is -1.40. The zero-order valence-electron chi connectivity index (χ0n) is 26.6. The fourth-order valence-corrected chi connectivity index (χ4v) is 7.58. The highest BCUT2D eigenvalue weighted by molar-refractivity contribution is 5.69. The molecule has 0 bridgehead atoms. The maximum Gasteiger partial charge on any atom is 0.306 e. The van der Waals surface area contributed by atoms with Crippen molar-refractivity contribution in [2.45, 2.75) is 137 Å². The predicted molar refractivity (Wildman–Crippen MR) is 161 cm³/mol. The van der Waals surface area contributed by atoms with Crippen LogP contribution in [0, 0.1) is 22.7 Å². The number of allylic oxidation sites excluding steroid dienone is 3. The van der Waals surface area contributed by atoms with Crippen LogP contribution in [0.5, 0.6) is 0 Å². The number of hydrogen-bond donors (Lipinski definition) is 2. The lowest BCUT2D eigenvalue weighted by Crippen LogP contribution is -2.69. The average molecular weight is 591 g/mol. The van der Waals surface area contributed by atoms with Crippen molar-refractivity contribution in [3.8, 4) is 0 Å². The molecule has 3 aliphatic rings. The number of ether oxygens (including phenoxy) is 4. The van der Waals surface area contributed by atoms with E-state index in [0.717, 1.165) is 24.8 Å². The Morgan fingerprint density at radius 2 is 1.76 bits per heavy atom. The molecule has 0 amide bonds. The predicted octanol–water partition coefficient (Wildman–Crippen LogP) is 6.15. The molecule has 0 aromatic heterocycles. The van der Waals surface area contributed by atoms with E-state index in [0.29, 0.717) is 31.4 Å². The van der Waals surface area contributed by atoms with Gasteiger partial charge in [-0.2, -0.15) is 0 Å². The van der Waals surface area contributed by atoms with Gasteiger partial charge in [-0.15, -0.1) is 0 Å². The van der Waals surface area contributed by atoms with Crippen LogP contribution in [0.25, 0.3) is 0 Å². The Bertz CT molecular complexity index is 1000. The fourth-order valence-electron chi connectivity index (χ4n) is 7.58. The normalized spacial score (nSPS) is 36.0. The molecule has 9 atom stereocenters. The second-order valence-electron chi connectivity index (χ2n) is 12.7. The molecule has 1 saturated heterocycles. The highest BCUT2D eigenvalue weighted by Crippen LogP contribution is 2.67. The van der Waals surface area contributed by atoms with Gasteiger partial charge in [-0.1, -0.05) is 89.7 Å². The van der Waals surface area contributed by atoms with Gasteiger partial charge in [0, 0.05) is 25.9 Å². The summed E-state index contributed by atoms with van der Waals surface area (Å²) in [5.41, 5.74) is -0.300. The van der Waals surface area contributed by atoms with Crippen LogP contribution in [0.1, 0.15) is 106 Å². The fraction of sp³-hybridized carbons (Fsp3) is 0.765. The molecule has 1 unspecified atom stereocenters. The standard InChI is InChI=1S/C34H54O8/c1-8-11-12-13-14-15-16-17-28(37)41-29-23(5)33(7,19-18-22(4)9-2)27-21-25(36)20-26-31(38)42-32(40-24(6)35)34(26,27)30(29)39-10-3/h9,18,20,23,25,27,29-32,36,38H,2,8,10-17,19,21H2,1,3-7H3/b22-18-/t23-,25-,27+,29-,30+,31-,32-,33-,34?/m0/s1. The third-order valence-corrected chi connectivity index (χ3v) is 9.99. The van der Waals surface area contributed by atoms with Gasteiger partial charge in [-0.05, 0) is 50.0 Å². The van der Waals surface area contributed by atoms with E-state index in [1.807, 2.05) is 13.8 Å². The second kappa shape index (κ2) is 15.1. The van der Waals surface area contributed by atoms with Crippen LogP contribution >= 0.6 is 0 Å². The molecule has 1 saturated carbocycles. The van der Waals surface area contributed by atoms with Crippen molar-refractivity contribution in [2.24, 2.45) is 22.7 Å². The molecule has 2 fully saturated rings. The van der Waals surface area contributed by atoms with Gasteiger partial charge in [0.15, 0.2) is 6.29 Å². The van der Waals surface area contributed by atoms with Gasteiger partial charge < -0.3 is 29.2 Å². The molecular weight excluding hydrogens is 536 g/mol. The average Bonchev–Trinajstić information content (AvgIpc) is 3.21. The summed E-state index contributed by atoms with van der Waals surface area (Å²) in [5, 5.41) is 22.2. The monoisotopic (exact) mass is 590 g/mol. The lowest BCUT2D eigenvalue weighted by atomic mass is 9.44. The van der Waals surface area contributed by atoms with E-state index in [9.17, 15) is 19.8 Å². The van der Waals surface area contributed by atoms with Gasteiger partial charge in [0.05, 0.1) is 11.5 Å². The quantitative estimate of drug-likeness (QED) is 0.101. The third kappa shape index (κ3) is 7.03. The van der Waals surface area contributed by atoms with E-state index in [1.165, 1.54) is 32.6 Å². The molecule has 2 N–H and O–H groups in total. The number of esters is 2. The van der Waals surface area contributed by atoms with Crippen LogP contribution in [0.15, 0.2) is 36.0 Å². The Morgan fingerprint density at radius 3 is 2.38 bits per heavy atom. The topological polar surface area (TPSA) is 112 Å². The number of unbranched alkanes of at least 4 members (excludes halogenated alkanes) is 6. The first-order valence-electron chi connectivity index (χ1n) is 16.0. The molecule has 238 valence electrons. The van der Waals surface area contributed by atoms with Gasteiger partial charge >= 0.3 is 11.9 Å². The van der Waals surface area contributed by atoms with Crippen LogP contribution < -0.4 is 0 Å². The highest BCUT2D eigenvalue weighted by atomic mass is 16.7. The summed E-state index contributed by atoms with van der Waals surface area (Å²) in [5.74, 6) is -1.37. The van der Waals surface area contributed by atoms with Gasteiger partial charge in [0.1, 0.15) is 12.2 Å². The van der Waals surface area contributed by atoms with Gasteiger partial charge in [-0.25, -0.2) is 0 Å². The third-order valence-electron chi connectivity index (χ3n) is 9.99. The van der Waals surface area contributed by atoms with Crippen molar-refractivity contribution >= 4 is 11.9 Å². The van der Waals surface area contributed by atoms with Crippen LogP contribution in [0.2, 0.25) is 0 Å². The largest absolute Gasteiger partial charge is 0.459 e. The molecule has 1 heterocycles. The minimum Gasteiger partial charge on any atom is -0.459 e. The first kappa shape index (κ1) is 34.5. The van der Waals surface area contributed by atoms with Gasteiger partial charge in [0.25, 0.3) is 0 Å². The Balaban J connectivity index is 2.04. The number of rotatable bonds is 15. The molecule has 1 aliphatic heterocycles. The van der Waals surface area contributed by atoms with E-state index in [2.05, 4.69) is 33.4 Å². The Kier molecular flexibility index (Phi) is 12.4. The molecule has 8 nitrogen and oxygen atoms in total. The van der Waals surface area contributed by atoms with Crippen molar-refractivity contribution < 1.29 is 38.7 Å². The van der Waals surface area contributed by atoms with Crippen molar-refractivity contribution in [1.29, 1.82) is 0 Å². The first-order valence-corrected chi connectivity index (χ1v) is 16.0. The molecule has 42 heavy (non-hydrogen) atoms. The van der Waals surface area contributed by atoms with Crippen molar-refractivity contribution in [2.75, 3.05) is 6.61 Å². The first-order chi connectivity index (χ1) is 20.0. The SMILES string of the molecule is C=C/C(C)=C\C[C@@]1(C)[C@@H](C)[C@H](OC(=O)CCCCCCCCC)[C@@H](OCC)C23C(=C[C@H](O)C[C@@H]21)[C@@H](O)O[C@@H]3OC(C)=O. The number of aliphatic hydroxyl groups excluding tert-OH is 2. The van der Waals surface area contributed by atoms with E-state index in [1.54, 1.807) is 12.2 Å². The summed E-state index contributed by atoms with van der Waals surface area (Å²) in [7, 11) is 0. The maximum absolute atomic E-state index is 13.4. The Labute approximate surface area is 252 Å². The number of aliphatic hydroxyl groups is 2. The summed E-state index contributed by atoms with van der Waals surface area (Å²) < 4.78 is 24.5. The molecule has 0 aromatic rings. The van der Waals surface area contributed by atoms with E-state index < -0.39 is 47.7 Å². The number of carbonyl (C=O) groups excluding carboxylic acids is 2. The summed E-state index contributed by atoms with van der Waals surface area (Å²) >= 11 is 0. The number of carbonyl (C=O) groups is 2. The zero-order chi connectivity index (χ0) is 31.1. The number of hydrogen-bond acceptors (Lipinski definition) is 8. The lowest BCUT2D eigenvalue weighted by molar-refractivity contribution is -0.282. The smallest absolute Gasteiger partial charge is 0.306 e. The Hall–Kier alpha value is -2.00. The molecular formula is C34H54O8. The molecule has 1 spiro atoms. The van der Waals surface area contributed by atoms with Crippen LogP contribution in [-0.2, 0) is 28.5 Å². The lowest BCUT2D eigenvalue weighted by Gasteiger charge is -2.63. The molecule has 0 radical (unpaired) electrons. The summed E-state index contributed by atoms with van der Waals surface area (Å²) in [6, 6.07) is 0. The Morgan fingerprint density at radius 1 is 1.10 bits per heavy atom. The summed E-state index contributed by atoms with van der Waals surface area (Å²) in [6.45, 7) is 15.7. The van der Waals surface area contributed by atoms with Crippen molar-refractivity contribution in [3.05, 3.63) is 36.0 Å².